The molecule has 1 aromatic heterocycles. The maximum absolute atomic E-state index is 11.7. The fraction of sp³-hybridized carbons (Fsp3) is 0.652. The van der Waals surface area contributed by atoms with E-state index in [1.54, 1.807) is 24.5 Å². The van der Waals surface area contributed by atoms with Crippen LogP contribution in [-0.2, 0) is 4.74 Å². The van der Waals surface area contributed by atoms with Gasteiger partial charge in [-0.2, -0.15) is 0 Å². The molecule has 0 atom stereocenters. The first kappa shape index (κ1) is 22.4. The Labute approximate surface area is 160 Å². The van der Waals surface area contributed by atoms with Crippen LogP contribution in [0.25, 0.3) is 0 Å². The molecule has 1 aromatic rings. The number of rotatable bonds is 16. The Balaban J connectivity index is 1.81. The zero-order valence-electron chi connectivity index (χ0n) is 16.6. The molecule has 0 N–H and O–H groups in total. The SMILES string of the molecule is CCCCCCC/C=C/CCCCCCCCOC(=O)c1cccnc1. The van der Waals surface area contributed by atoms with Crippen LogP contribution in [0.1, 0.15) is 101 Å². The quantitative estimate of drug-likeness (QED) is 0.183. The van der Waals surface area contributed by atoms with E-state index in [0.29, 0.717) is 12.2 Å². The highest BCUT2D eigenvalue weighted by Gasteiger charge is 2.05. The van der Waals surface area contributed by atoms with Gasteiger partial charge in [-0.15, -0.1) is 0 Å². The Hall–Kier alpha value is -1.64. The number of aromatic nitrogens is 1. The van der Waals surface area contributed by atoms with Gasteiger partial charge in [-0.1, -0.05) is 70.4 Å². The summed E-state index contributed by atoms with van der Waals surface area (Å²) in [5.41, 5.74) is 0.529. The number of hydrogen-bond acceptors (Lipinski definition) is 3. The molecule has 3 nitrogen and oxygen atoms in total. The summed E-state index contributed by atoms with van der Waals surface area (Å²) in [4.78, 5) is 15.6. The van der Waals surface area contributed by atoms with Crippen molar-refractivity contribution in [3.8, 4) is 0 Å². The van der Waals surface area contributed by atoms with Crippen LogP contribution >= 0.6 is 0 Å². The number of allylic oxidation sites excluding steroid dienone is 2. The predicted octanol–water partition coefficient (Wildman–Crippen LogP) is 6.89. The number of carbonyl (C=O) groups excluding carboxylic acids is 1. The van der Waals surface area contributed by atoms with E-state index in [-0.39, 0.29) is 5.97 Å². The third kappa shape index (κ3) is 12.7. The second-order valence-electron chi connectivity index (χ2n) is 6.96. The molecule has 1 heterocycles. The number of carbonyl (C=O) groups is 1. The molecule has 0 radical (unpaired) electrons. The molecule has 0 aliphatic rings. The first-order chi connectivity index (χ1) is 12.8. The van der Waals surface area contributed by atoms with Gasteiger partial charge >= 0.3 is 5.97 Å². The molecular formula is C23H37NO2. The van der Waals surface area contributed by atoms with Crippen molar-refractivity contribution in [2.75, 3.05) is 6.61 Å². The summed E-state index contributed by atoms with van der Waals surface area (Å²) in [5, 5.41) is 0. The van der Waals surface area contributed by atoms with E-state index in [2.05, 4.69) is 24.1 Å². The highest BCUT2D eigenvalue weighted by Crippen LogP contribution is 2.10. The molecule has 0 saturated carbocycles. The Morgan fingerprint density at radius 2 is 1.54 bits per heavy atom. The van der Waals surface area contributed by atoms with Crippen LogP contribution in [0.2, 0.25) is 0 Å². The van der Waals surface area contributed by atoms with Crippen molar-refractivity contribution >= 4 is 5.97 Å². The van der Waals surface area contributed by atoms with Gasteiger partial charge in [0.25, 0.3) is 0 Å². The van der Waals surface area contributed by atoms with E-state index in [1.165, 1.54) is 70.6 Å². The molecule has 0 bridgehead atoms. The summed E-state index contributed by atoms with van der Waals surface area (Å²) in [7, 11) is 0. The first-order valence-corrected chi connectivity index (χ1v) is 10.6. The van der Waals surface area contributed by atoms with Gasteiger partial charge in [0.1, 0.15) is 0 Å². The molecule has 3 heteroatoms. The second-order valence-corrected chi connectivity index (χ2v) is 6.96. The topological polar surface area (TPSA) is 39.2 Å². The van der Waals surface area contributed by atoms with E-state index < -0.39 is 0 Å². The molecule has 0 fully saturated rings. The van der Waals surface area contributed by atoms with Crippen molar-refractivity contribution in [2.24, 2.45) is 0 Å². The van der Waals surface area contributed by atoms with Crippen LogP contribution < -0.4 is 0 Å². The van der Waals surface area contributed by atoms with Crippen molar-refractivity contribution in [2.45, 2.75) is 90.4 Å². The van der Waals surface area contributed by atoms with E-state index in [0.717, 1.165) is 12.8 Å². The lowest BCUT2D eigenvalue weighted by Gasteiger charge is -2.04. The number of unbranched alkanes of at least 4 members (excludes halogenated alkanes) is 11. The maximum Gasteiger partial charge on any atom is 0.339 e. The normalized spacial score (nSPS) is 11.1. The third-order valence-electron chi connectivity index (χ3n) is 4.54. The lowest BCUT2D eigenvalue weighted by atomic mass is 10.1. The van der Waals surface area contributed by atoms with Crippen molar-refractivity contribution in [3.05, 3.63) is 42.2 Å². The molecule has 26 heavy (non-hydrogen) atoms. The van der Waals surface area contributed by atoms with Gasteiger partial charge in [0.2, 0.25) is 0 Å². The largest absolute Gasteiger partial charge is 0.462 e. The Kier molecular flexibility index (Phi) is 14.5. The number of hydrogen-bond donors (Lipinski definition) is 0. The van der Waals surface area contributed by atoms with Crippen molar-refractivity contribution in [1.29, 1.82) is 0 Å². The number of esters is 1. The van der Waals surface area contributed by atoms with Gasteiger partial charge in [0.05, 0.1) is 12.2 Å². The van der Waals surface area contributed by atoms with E-state index in [1.807, 2.05) is 0 Å². The van der Waals surface area contributed by atoms with Crippen LogP contribution in [-0.4, -0.2) is 17.6 Å². The fourth-order valence-electron chi connectivity index (χ4n) is 2.90. The summed E-state index contributed by atoms with van der Waals surface area (Å²) in [6, 6.07) is 3.48. The summed E-state index contributed by atoms with van der Waals surface area (Å²) in [6.45, 7) is 2.77. The highest BCUT2D eigenvalue weighted by atomic mass is 16.5. The first-order valence-electron chi connectivity index (χ1n) is 10.6. The zero-order valence-corrected chi connectivity index (χ0v) is 16.6. The lowest BCUT2D eigenvalue weighted by Crippen LogP contribution is -2.06. The standard InChI is InChI=1S/C23H37NO2/c1-2-3-4-5-6-7-8-9-10-11-12-13-14-15-16-20-26-23(25)22-18-17-19-24-21-22/h8-9,17-19,21H,2-7,10-16,20H2,1H3/b9-8+. The van der Waals surface area contributed by atoms with Crippen LogP contribution in [0.3, 0.4) is 0 Å². The summed E-state index contributed by atoms with van der Waals surface area (Å²) < 4.78 is 5.25. The predicted molar refractivity (Wildman–Crippen MR) is 109 cm³/mol. The second kappa shape index (κ2) is 16.8. The monoisotopic (exact) mass is 359 g/mol. The molecule has 0 aliphatic carbocycles. The Morgan fingerprint density at radius 1 is 0.923 bits per heavy atom. The molecule has 0 saturated heterocycles. The molecule has 146 valence electrons. The molecule has 1 rings (SSSR count). The summed E-state index contributed by atoms with van der Waals surface area (Å²) >= 11 is 0. The van der Waals surface area contributed by atoms with Crippen LogP contribution in [0, 0.1) is 0 Å². The van der Waals surface area contributed by atoms with Crippen LogP contribution in [0.5, 0.6) is 0 Å². The van der Waals surface area contributed by atoms with Gasteiger partial charge in [-0.05, 0) is 44.2 Å². The third-order valence-corrected chi connectivity index (χ3v) is 4.54. The molecule has 0 spiro atoms. The van der Waals surface area contributed by atoms with Crippen LogP contribution in [0.4, 0.5) is 0 Å². The maximum atomic E-state index is 11.7. The summed E-state index contributed by atoms with van der Waals surface area (Å²) in [5.74, 6) is -0.268. The van der Waals surface area contributed by atoms with E-state index in [9.17, 15) is 4.79 Å². The smallest absolute Gasteiger partial charge is 0.339 e. The van der Waals surface area contributed by atoms with Gasteiger partial charge < -0.3 is 4.74 Å². The van der Waals surface area contributed by atoms with E-state index >= 15 is 0 Å². The Bertz CT molecular complexity index is 470. The van der Waals surface area contributed by atoms with Gasteiger partial charge in [-0.25, -0.2) is 4.79 Å². The van der Waals surface area contributed by atoms with Crippen molar-refractivity contribution in [3.63, 3.8) is 0 Å². The van der Waals surface area contributed by atoms with E-state index in [4.69, 9.17) is 4.74 Å². The van der Waals surface area contributed by atoms with Crippen LogP contribution in [0.15, 0.2) is 36.7 Å². The van der Waals surface area contributed by atoms with Gasteiger partial charge in [0.15, 0.2) is 0 Å². The fourth-order valence-corrected chi connectivity index (χ4v) is 2.90. The minimum atomic E-state index is -0.268. The summed E-state index contributed by atoms with van der Waals surface area (Å²) in [6.07, 6.45) is 24.4. The zero-order chi connectivity index (χ0) is 18.7. The average molecular weight is 360 g/mol. The molecule has 0 unspecified atom stereocenters. The highest BCUT2D eigenvalue weighted by molar-refractivity contribution is 5.88. The number of nitrogens with zero attached hydrogens (tertiary/aromatic N) is 1. The Morgan fingerprint density at radius 3 is 2.15 bits per heavy atom. The van der Waals surface area contributed by atoms with Crippen molar-refractivity contribution in [1.82, 2.24) is 4.98 Å². The molecule has 0 aromatic carbocycles. The number of pyridine rings is 1. The minimum absolute atomic E-state index is 0.268. The van der Waals surface area contributed by atoms with Gasteiger partial charge in [0, 0.05) is 12.4 Å². The number of ether oxygens (including phenoxy) is 1. The average Bonchev–Trinajstić information content (AvgIpc) is 2.68. The van der Waals surface area contributed by atoms with Gasteiger partial charge in [-0.3, -0.25) is 4.98 Å². The molecule has 0 aliphatic heterocycles. The van der Waals surface area contributed by atoms with Crippen molar-refractivity contribution < 1.29 is 9.53 Å². The minimum Gasteiger partial charge on any atom is -0.462 e. The molecular weight excluding hydrogens is 322 g/mol. The molecule has 0 amide bonds. The lowest BCUT2D eigenvalue weighted by molar-refractivity contribution is 0.0497.